The first kappa shape index (κ1) is 18.4. The van der Waals surface area contributed by atoms with Crippen LogP contribution in [0.2, 0.25) is 0 Å². The number of anilines is 3. The Labute approximate surface area is 166 Å². The van der Waals surface area contributed by atoms with Gasteiger partial charge in [0.05, 0.1) is 5.69 Å². The zero-order chi connectivity index (χ0) is 19.5. The summed E-state index contributed by atoms with van der Waals surface area (Å²) in [7, 11) is 0. The molecule has 1 fully saturated rings. The largest absolute Gasteiger partial charge is 0.351 e. The molecular formula is C23H27N5. The fraction of sp³-hybridized carbons (Fsp3) is 0.348. The van der Waals surface area contributed by atoms with Gasteiger partial charge < -0.3 is 10.6 Å². The molecule has 1 aliphatic rings. The van der Waals surface area contributed by atoms with Crippen molar-refractivity contribution in [2.45, 2.75) is 52.5 Å². The Bertz CT molecular complexity index is 939. The molecule has 4 rings (SSSR count). The fourth-order valence-corrected chi connectivity index (χ4v) is 4.00. The molecule has 0 atom stereocenters. The summed E-state index contributed by atoms with van der Waals surface area (Å²) < 4.78 is 0. The van der Waals surface area contributed by atoms with Crippen LogP contribution in [0.25, 0.3) is 11.3 Å². The highest BCUT2D eigenvalue weighted by atomic mass is 15.2. The van der Waals surface area contributed by atoms with Crippen LogP contribution < -0.4 is 10.6 Å². The van der Waals surface area contributed by atoms with Gasteiger partial charge in [-0.25, -0.2) is 4.98 Å². The molecule has 0 spiro atoms. The van der Waals surface area contributed by atoms with E-state index in [1.807, 2.05) is 18.2 Å². The lowest BCUT2D eigenvalue weighted by Crippen LogP contribution is -2.17. The molecule has 0 bridgehead atoms. The van der Waals surface area contributed by atoms with E-state index in [1.54, 1.807) is 12.4 Å². The molecule has 1 aliphatic carbocycles. The van der Waals surface area contributed by atoms with Gasteiger partial charge in [-0.05, 0) is 56.9 Å². The maximum absolute atomic E-state index is 4.78. The second kappa shape index (κ2) is 7.97. The molecule has 2 N–H and O–H groups in total. The monoisotopic (exact) mass is 373 g/mol. The van der Waals surface area contributed by atoms with E-state index in [1.165, 1.54) is 42.4 Å². The third kappa shape index (κ3) is 4.14. The molecule has 28 heavy (non-hydrogen) atoms. The maximum Gasteiger partial charge on any atom is 0.225 e. The maximum atomic E-state index is 4.78. The number of pyridine rings is 1. The van der Waals surface area contributed by atoms with Crippen LogP contribution >= 0.6 is 0 Å². The van der Waals surface area contributed by atoms with Crippen LogP contribution in [0.4, 0.5) is 17.5 Å². The van der Waals surface area contributed by atoms with Gasteiger partial charge >= 0.3 is 0 Å². The number of benzene rings is 1. The summed E-state index contributed by atoms with van der Waals surface area (Å²) in [6, 6.07) is 10.8. The third-order valence-electron chi connectivity index (χ3n) is 5.32. The number of rotatable bonds is 5. The van der Waals surface area contributed by atoms with Gasteiger partial charge in [0.1, 0.15) is 5.82 Å². The summed E-state index contributed by atoms with van der Waals surface area (Å²) in [5, 5.41) is 7.07. The molecule has 2 heterocycles. The Morgan fingerprint density at radius 3 is 2.25 bits per heavy atom. The first-order valence-corrected chi connectivity index (χ1v) is 9.99. The van der Waals surface area contributed by atoms with E-state index in [4.69, 9.17) is 9.97 Å². The summed E-state index contributed by atoms with van der Waals surface area (Å²) >= 11 is 0. The molecule has 1 aromatic carbocycles. The Morgan fingerprint density at radius 2 is 1.57 bits per heavy atom. The molecule has 5 heteroatoms. The lowest BCUT2D eigenvalue weighted by molar-refractivity contribution is 0.744. The summed E-state index contributed by atoms with van der Waals surface area (Å²) in [5.74, 6) is 1.49. The SMILES string of the molecule is Cc1cc(C)c(Nc2cc(-c3ccncc3)nc(NC3CCCC3)n2)c(C)c1. The van der Waals surface area contributed by atoms with Crippen LogP contribution in [0.3, 0.4) is 0 Å². The number of nitrogens with zero attached hydrogens (tertiary/aromatic N) is 3. The molecule has 3 aromatic rings. The van der Waals surface area contributed by atoms with Crippen molar-refractivity contribution in [2.24, 2.45) is 0 Å². The minimum atomic E-state index is 0.461. The standard InChI is InChI=1S/C23H27N5/c1-15-12-16(2)22(17(3)13-15)27-21-14-20(18-8-10-24-11-9-18)26-23(28-21)25-19-6-4-5-7-19/h8-14,19H,4-7H2,1-3H3,(H2,25,26,27,28). The van der Waals surface area contributed by atoms with Crippen molar-refractivity contribution in [2.75, 3.05) is 10.6 Å². The number of hydrogen-bond acceptors (Lipinski definition) is 5. The summed E-state index contributed by atoms with van der Waals surface area (Å²) in [4.78, 5) is 13.7. The zero-order valence-corrected chi connectivity index (χ0v) is 16.8. The smallest absolute Gasteiger partial charge is 0.225 e. The van der Waals surface area contributed by atoms with Crippen LogP contribution in [0.1, 0.15) is 42.4 Å². The lowest BCUT2D eigenvalue weighted by Gasteiger charge is -2.17. The van der Waals surface area contributed by atoms with Crippen LogP contribution in [0.5, 0.6) is 0 Å². The molecule has 144 valence electrons. The molecule has 5 nitrogen and oxygen atoms in total. The topological polar surface area (TPSA) is 62.7 Å². The minimum Gasteiger partial charge on any atom is -0.351 e. The average molecular weight is 374 g/mol. The predicted octanol–water partition coefficient (Wildman–Crippen LogP) is 5.56. The second-order valence-electron chi connectivity index (χ2n) is 7.72. The highest BCUT2D eigenvalue weighted by molar-refractivity contribution is 5.70. The van der Waals surface area contributed by atoms with Crippen LogP contribution in [0, 0.1) is 20.8 Å². The molecule has 2 aromatic heterocycles. The van der Waals surface area contributed by atoms with Crippen molar-refractivity contribution >= 4 is 17.5 Å². The van der Waals surface area contributed by atoms with Crippen molar-refractivity contribution in [1.82, 2.24) is 15.0 Å². The van der Waals surface area contributed by atoms with Crippen molar-refractivity contribution in [3.63, 3.8) is 0 Å². The van der Waals surface area contributed by atoms with E-state index < -0.39 is 0 Å². The quantitative estimate of drug-likeness (QED) is 0.613. The first-order chi connectivity index (χ1) is 13.6. The van der Waals surface area contributed by atoms with Crippen LogP contribution in [-0.4, -0.2) is 21.0 Å². The lowest BCUT2D eigenvalue weighted by atomic mass is 10.1. The van der Waals surface area contributed by atoms with E-state index in [2.05, 4.69) is 48.5 Å². The van der Waals surface area contributed by atoms with Crippen molar-refractivity contribution in [3.05, 3.63) is 59.4 Å². The summed E-state index contributed by atoms with van der Waals surface area (Å²) in [6.07, 6.45) is 8.50. The Kier molecular flexibility index (Phi) is 5.24. The van der Waals surface area contributed by atoms with Crippen molar-refractivity contribution in [3.8, 4) is 11.3 Å². The average Bonchev–Trinajstić information content (AvgIpc) is 3.18. The van der Waals surface area contributed by atoms with Crippen LogP contribution in [-0.2, 0) is 0 Å². The molecule has 0 saturated heterocycles. The molecule has 0 amide bonds. The number of hydrogen-bond donors (Lipinski definition) is 2. The van der Waals surface area contributed by atoms with E-state index >= 15 is 0 Å². The summed E-state index contributed by atoms with van der Waals surface area (Å²) in [6.45, 7) is 6.38. The predicted molar refractivity (Wildman–Crippen MR) is 115 cm³/mol. The van der Waals surface area contributed by atoms with Crippen LogP contribution in [0.15, 0.2) is 42.7 Å². The highest BCUT2D eigenvalue weighted by Gasteiger charge is 2.17. The Hall–Kier alpha value is -2.95. The molecular weight excluding hydrogens is 346 g/mol. The molecule has 0 unspecified atom stereocenters. The van der Waals surface area contributed by atoms with E-state index in [0.29, 0.717) is 12.0 Å². The second-order valence-corrected chi connectivity index (χ2v) is 7.72. The van der Waals surface area contributed by atoms with Crippen molar-refractivity contribution in [1.29, 1.82) is 0 Å². The third-order valence-corrected chi connectivity index (χ3v) is 5.32. The van der Waals surface area contributed by atoms with E-state index in [0.717, 1.165) is 22.8 Å². The van der Waals surface area contributed by atoms with Gasteiger partial charge in [-0.15, -0.1) is 0 Å². The van der Waals surface area contributed by atoms with Gasteiger partial charge in [-0.1, -0.05) is 30.5 Å². The van der Waals surface area contributed by atoms with Gasteiger partial charge in [-0.2, -0.15) is 4.98 Å². The number of aryl methyl sites for hydroxylation is 3. The molecule has 0 aliphatic heterocycles. The van der Waals surface area contributed by atoms with Gasteiger partial charge in [0, 0.05) is 35.8 Å². The highest BCUT2D eigenvalue weighted by Crippen LogP contribution is 2.29. The Morgan fingerprint density at radius 1 is 0.893 bits per heavy atom. The van der Waals surface area contributed by atoms with Gasteiger partial charge in [0.15, 0.2) is 0 Å². The Balaban J connectivity index is 1.71. The number of nitrogens with one attached hydrogen (secondary N) is 2. The van der Waals surface area contributed by atoms with Gasteiger partial charge in [-0.3, -0.25) is 4.98 Å². The number of aromatic nitrogens is 3. The molecule has 0 radical (unpaired) electrons. The van der Waals surface area contributed by atoms with Crippen molar-refractivity contribution < 1.29 is 0 Å². The summed E-state index contributed by atoms with van der Waals surface area (Å²) in [5.41, 5.74) is 6.73. The molecule has 1 saturated carbocycles. The van der Waals surface area contributed by atoms with E-state index in [9.17, 15) is 0 Å². The normalized spacial score (nSPS) is 14.2. The van der Waals surface area contributed by atoms with Gasteiger partial charge in [0.2, 0.25) is 5.95 Å². The minimum absolute atomic E-state index is 0.461. The van der Waals surface area contributed by atoms with E-state index in [-0.39, 0.29) is 0 Å². The zero-order valence-electron chi connectivity index (χ0n) is 16.8. The van der Waals surface area contributed by atoms with Gasteiger partial charge in [0.25, 0.3) is 0 Å². The fourth-order valence-electron chi connectivity index (χ4n) is 4.00. The first-order valence-electron chi connectivity index (χ1n) is 9.99.